The highest BCUT2D eigenvalue weighted by molar-refractivity contribution is 5.95. The molecule has 2 N–H and O–H groups in total. The molecule has 1 unspecified atom stereocenters. The molecule has 0 spiro atoms. The summed E-state index contributed by atoms with van der Waals surface area (Å²) in [6.45, 7) is 3.90. The van der Waals surface area contributed by atoms with Gasteiger partial charge >= 0.3 is 0 Å². The largest absolute Gasteiger partial charge is 0.310 e. The molecule has 1 amide bonds. The van der Waals surface area contributed by atoms with E-state index in [1.807, 2.05) is 24.3 Å². The summed E-state index contributed by atoms with van der Waals surface area (Å²) < 4.78 is 2.09. The lowest BCUT2D eigenvalue weighted by Crippen LogP contribution is -2.43. The van der Waals surface area contributed by atoms with Gasteiger partial charge in [-0.1, -0.05) is 25.5 Å². The fourth-order valence-corrected chi connectivity index (χ4v) is 2.89. The summed E-state index contributed by atoms with van der Waals surface area (Å²) >= 11 is 0. The Balaban J connectivity index is 1.85. The fraction of sp³-hybridized carbons (Fsp3) is 0.500. The number of imidazole rings is 1. The Hall–Kier alpha value is -1.88. The summed E-state index contributed by atoms with van der Waals surface area (Å²) in [7, 11) is 0. The monoisotopic (exact) mass is 286 g/mol. The molecule has 21 heavy (non-hydrogen) atoms. The highest BCUT2D eigenvalue weighted by atomic mass is 16.2. The molecule has 5 heteroatoms. The van der Waals surface area contributed by atoms with Gasteiger partial charge in [-0.3, -0.25) is 10.1 Å². The number of aryl methyl sites for hydroxylation is 1. The molecule has 1 aromatic carbocycles. The molecule has 0 bridgehead atoms. The molecule has 1 saturated heterocycles. The molecular weight excluding hydrogens is 264 g/mol. The van der Waals surface area contributed by atoms with E-state index in [0.717, 1.165) is 49.8 Å². The van der Waals surface area contributed by atoms with Crippen LogP contribution >= 0.6 is 0 Å². The van der Waals surface area contributed by atoms with Crippen LogP contribution in [0, 0.1) is 0 Å². The smallest absolute Gasteiger partial charge is 0.243 e. The molecule has 1 aromatic heterocycles. The Labute approximate surface area is 124 Å². The summed E-state index contributed by atoms with van der Waals surface area (Å²) in [5, 5.41) is 6.28. The van der Waals surface area contributed by atoms with Gasteiger partial charge in [0.1, 0.15) is 0 Å². The van der Waals surface area contributed by atoms with Crippen molar-refractivity contribution in [2.75, 3.05) is 11.9 Å². The van der Waals surface area contributed by atoms with Crippen LogP contribution in [-0.2, 0) is 11.3 Å². The van der Waals surface area contributed by atoms with E-state index in [1.165, 1.54) is 0 Å². The predicted molar refractivity (Wildman–Crippen MR) is 84.3 cm³/mol. The van der Waals surface area contributed by atoms with Gasteiger partial charge in [-0.25, -0.2) is 4.98 Å². The van der Waals surface area contributed by atoms with Crippen molar-refractivity contribution in [1.82, 2.24) is 14.9 Å². The van der Waals surface area contributed by atoms with E-state index >= 15 is 0 Å². The first-order valence-corrected chi connectivity index (χ1v) is 7.79. The average Bonchev–Trinajstić information content (AvgIpc) is 2.86. The normalized spacial score (nSPS) is 18.8. The molecule has 3 rings (SSSR count). The van der Waals surface area contributed by atoms with E-state index in [1.54, 1.807) is 0 Å². The number of aromatic nitrogens is 2. The summed E-state index contributed by atoms with van der Waals surface area (Å²) in [5.41, 5.74) is 2.00. The molecule has 1 aliphatic rings. The second kappa shape index (κ2) is 6.26. The first-order chi connectivity index (χ1) is 10.3. The third-order valence-electron chi connectivity index (χ3n) is 3.96. The number of fused-ring (bicyclic) bond motifs is 1. The Morgan fingerprint density at radius 3 is 3.05 bits per heavy atom. The van der Waals surface area contributed by atoms with Crippen molar-refractivity contribution < 1.29 is 4.79 Å². The number of nitrogens with one attached hydrogen (secondary N) is 2. The number of piperidine rings is 1. The standard InChI is InChI=1S/C16H22N4O/c1-2-11-20-14-9-4-3-7-12(14)18-16(20)19-15(21)13-8-5-6-10-17-13/h3-4,7,9,13,17H,2,5-6,8,10-11H2,1H3,(H,18,19,21). The van der Waals surface area contributed by atoms with Crippen LogP contribution in [0.1, 0.15) is 32.6 Å². The van der Waals surface area contributed by atoms with Gasteiger partial charge in [0.15, 0.2) is 0 Å². The molecule has 2 aromatic rings. The van der Waals surface area contributed by atoms with Crippen molar-refractivity contribution in [3.63, 3.8) is 0 Å². The Morgan fingerprint density at radius 2 is 2.29 bits per heavy atom. The molecule has 112 valence electrons. The molecule has 0 aliphatic carbocycles. The number of carbonyl (C=O) groups excluding carboxylic acids is 1. The van der Waals surface area contributed by atoms with Crippen molar-refractivity contribution in [3.8, 4) is 0 Å². The highest BCUT2D eigenvalue weighted by Gasteiger charge is 2.22. The molecule has 5 nitrogen and oxygen atoms in total. The van der Waals surface area contributed by atoms with Crippen LogP contribution in [0.5, 0.6) is 0 Å². The Kier molecular flexibility index (Phi) is 4.20. The Morgan fingerprint density at radius 1 is 1.43 bits per heavy atom. The van der Waals surface area contributed by atoms with Gasteiger partial charge in [-0.15, -0.1) is 0 Å². The lowest BCUT2D eigenvalue weighted by atomic mass is 10.0. The van der Waals surface area contributed by atoms with Crippen molar-refractivity contribution in [2.45, 2.75) is 45.2 Å². The van der Waals surface area contributed by atoms with Gasteiger partial charge in [-0.05, 0) is 37.9 Å². The molecule has 1 atom stereocenters. The predicted octanol–water partition coefficient (Wildman–Crippen LogP) is 2.53. The van der Waals surface area contributed by atoms with E-state index in [2.05, 4.69) is 27.1 Å². The number of hydrogen-bond acceptors (Lipinski definition) is 3. The van der Waals surface area contributed by atoms with E-state index in [-0.39, 0.29) is 11.9 Å². The summed E-state index contributed by atoms with van der Waals surface area (Å²) in [6.07, 6.45) is 4.17. The topological polar surface area (TPSA) is 59.0 Å². The van der Waals surface area contributed by atoms with Gasteiger partial charge in [0.05, 0.1) is 17.1 Å². The van der Waals surface area contributed by atoms with Gasteiger partial charge in [0.2, 0.25) is 11.9 Å². The highest BCUT2D eigenvalue weighted by Crippen LogP contribution is 2.20. The third kappa shape index (κ3) is 2.93. The molecule has 1 fully saturated rings. The maximum absolute atomic E-state index is 12.4. The first-order valence-electron chi connectivity index (χ1n) is 7.79. The van der Waals surface area contributed by atoms with Crippen LogP contribution in [0.4, 0.5) is 5.95 Å². The van der Waals surface area contributed by atoms with Crippen molar-refractivity contribution in [3.05, 3.63) is 24.3 Å². The lowest BCUT2D eigenvalue weighted by Gasteiger charge is -2.22. The molecule has 0 radical (unpaired) electrons. The van der Waals surface area contributed by atoms with Gasteiger partial charge in [0, 0.05) is 6.54 Å². The summed E-state index contributed by atoms with van der Waals surface area (Å²) in [4.78, 5) is 16.9. The minimum atomic E-state index is -0.0892. The van der Waals surface area contributed by atoms with E-state index in [9.17, 15) is 4.79 Å². The SMILES string of the molecule is CCCn1c(NC(=O)C2CCCCN2)nc2ccccc21. The number of rotatable bonds is 4. The van der Waals surface area contributed by atoms with Crippen LogP contribution in [0.3, 0.4) is 0 Å². The lowest BCUT2D eigenvalue weighted by molar-refractivity contribution is -0.118. The number of anilines is 1. The van der Waals surface area contributed by atoms with Crippen LogP contribution in [0.15, 0.2) is 24.3 Å². The number of amides is 1. The minimum Gasteiger partial charge on any atom is -0.310 e. The summed E-state index contributed by atoms with van der Waals surface area (Å²) in [6, 6.07) is 7.92. The zero-order valence-electron chi connectivity index (χ0n) is 12.4. The van der Waals surface area contributed by atoms with E-state index < -0.39 is 0 Å². The zero-order chi connectivity index (χ0) is 14.7. The van der Waals surface area contributed by atoms with Crippen molar-refractivity contribution in [2.24, 2.45) is 0 Å². The third-order valence-corrected chi connectivity index (χ3v) is 3.96. The van der Waals surface area contributed by atoms with Gasteiger partial charge in [0.25, 0.3) is 0 Å². The van der Waals surface area contributed by atoms with Gasteiger partial charge < -0.3 is 9.88 Å². The van der Waals surface area contributed by atoms with E-state index in [0.29, 0.717) is 5.95 Å². The number of carbonyl (C=O) groups is 1. The fourth-order valence-electron chi connectivity index (χ4n) is 2.89. The quantitative estimate of drug-likeness (QED) is 0.908. The first kappa shape index (κ1) is 14.1. The molecule has 1 aliphatic heterocycles. The second-order valence-electron chi connectivity index (χ2n) is 5.57. The van der Waals surface area contributed by atoms with Crippen LogP contribution in [0.2, 0.25) is 0 Å². The maximum Gasteiger partial charge on any atom is 0.243 e. The average molecular weight is 286 g/mol. The number of benzene rings is 1. The number of hydrogen-bond donors (Lipinski definition) is 2. The zero-order valence-corrected chi connectivity index (χ0v) is 12.4. The summed E-state index contributed by atoms with van der Waals surface area (Å²) in [5.74, 6) is 0.692. The molecular formula is C16H22N4O. The Bertz CT molecular complexity index is 628. The van der Waals surface area contributed by atoms with E-state index in [4.69, 9.17) is 0 Å². The maximum atomic E-state index is 12.4. The second-order valence-corrected chi connectivity index (χ2v) is 5.57. The number of para-hydroxylation sites is 2. The number of nitrogens with zero attached hydrogens (tertiary/aromatic N) is 2. The van der Waals surface area contributed by atoms with Crippen LogP contribution in [0.25, 0.3) is 11.0 Å². The van der Waals surface area contributed by atoms with Crippen LogP contribution < -0.4 is 10.6 Å². The molecule has 0 saturated carbocycles. The van der Waals surface area contributed by atoms with Crippen molar-refractivity contribution >= 4 is 22.9 Å². The van der Waals surface area contributed by atoms with Gasteiger partial charge in [-0.2, -0.15) is 0 Å². The van der Waals surface area contributed by atoms with Crippen LogP contribution in [-0.4, -0.2) is 28.0 Å². The minimum absolute atomic E-state index is 0.0300. The van der Waals surface area contributed by atoms with Crippen molar-refractivity contribution in [1.29, 1.82) is 0 Å². The molecule has 2 heterocycles.